The molecule has 0 aromatic heterocycles. The molecule has 1 aromatic carbocycles. The van der Waals surface area contributed by atoms with Crippen LogP contribution in [0.15, 0.2) is 29.3 Å². The first-order chi connectivity index (χ1) is 8.92. The number of halogens is 1. The van der Waals surface area contributed by atoms with Crippen molar-refractivity contribution in [1.29, 1.82) is 0 Å². The molecule has 1 N–H and O–H groups in total. The van der Waals surface area contributed by atoms with Crippen molar-refractivity contribution in [3.05, 3.63) is 35.6 Å². The molecule has 0 radical (unpaired) electrons. The quantitative estimate of drug-likeness (QED) is 0.910. The van der Waals surface area contributed by atoms with E-state index in [1.54, 1.807) is 12.1 Å². The molecule has 1 heterocycles. The molecule has 2 nitrogen and oxygen atoms in total. The van der Waals surface area contributed by atoms with Gasteiger partial charge in [0, 0.05) is 11.8 Å². The molecule has 4 heteroatoms. The summed E-state index contributed by atoms with van der Waals surface area (Å²) < 4.78 is 12.8. The molecule has 0 saturated carbocycles. The molecule has 0 amide bonds. The van der Waals surface area contributed by atoms with Gasteiger partial charge in [-0.3, -0.25) is 4.99 Å². The van der Waals surface area contributed by atoms with Crippen molar-refractivity contribution < 1.29 is 4.39 Å². The lowest BCUT2D eigenvalue weighted by atomic mass is 9.90. The van der Waals surface area contributed by atoms with Gasteiger partial charge in [0.25, 0.3) is 0 Å². The van der Waals surface area contributed by atoms with Crippen LogP contribution in [0.4, 0.5) is 4.39 Å². The second-order valence-electron chi connectivity index (χ2n) is 6.13. The van der Waals surface area contributed by atoms with Gasteiger partial charge >= 0.3 is 0 Å². The molecule has 0 bridgehead atoms. The number of amidine groups is 1. The minimum atomic E-state index is -0.193. The van der Waals surface area contributed by atoms with Crippen molar-refractivity contribution in [2.45, 2.75) is 39.0 Å². The van der Waals surface area contributed by atoms with Crippen LogP contribution in [0, 0.1) is 11.2 Å². The molecule has 1 unspecified atom stereocenters. The highest BCUT2D eigenvalue weighted by Crippen LogP contribution is 2.31. The second-order valence-corrected chi connectivity index (χ2v) is 7.42. The average molecular weight is 280 g/mol. The highest BCUT2D eigenvalue weighted by atomic mass is 32.2. The number of rotatable bonds is 3. The fourth-order valence-corrected chi connectivity index (χ4v) is 3.44. The molecule has 0 fully saturated rings. The molecular weight excluding hydrogens is 259 g/mol. The summed E-state index contributed by atoms with van der Waals surface area (Å²) in [6, 6.07) is 6.58. The third-order valence-corrected chi connectivity index (χ3v) is 4.06. The standard InChI is InChI=1S/C15H21FN2S/c1-15(2,3)8-13-10-18-14(19-13)17-9-11-4-6-12(16)7-5-11/h4-7,13H,8-10H2,1-3H3,(H,17,18). The van der Waals surface area contributed by atoms with Gasteiger partial charge in [-0.1, -0.05) is 44.7 Å². The van der Waals surface area contributed by atoms with Crippen molar-refractivity contribution in [1.82, 2.24) is 5.32 Å². The summed E-state index contributed by atoms with van der Waals surface area (Å²) in [7, 11) is 0. The van der Waals surface area contributed by atoms with Crippen LogP contribution in [0.1, 0.15) is 32.8 Å². The normalized spacial score (nSPS) is 19.4. The summed E-state index contributed by atoms with van der Waals surface area (Å²) in [6.07, 6.45) is 1.17. The van der Waals surface area contributed by atoms with Crippen molar-refractivity contribution >= 4 is 16.9 Å². The Labute approximate surface area is 118 Å². The van der Waals surface area contributed by atoms with E-state index in [-0.39, 0.29) is 5.82 Å². The fourth-order valence-electron chi connectivity index (χ4n) is 2.08. The number of aliphatic imine (C=N–C) groups is 1. The minimum absolute atomic E-state index is 0.193. The fraction of sp³-hybridized carbons (Fsp3) is 0.533. The molecule has 1 aliphatic rings. The zero-order valence-electron chi connectivity index (χ0n) is 11.7. The molecule has 19 heavy (non-hydrogen) atoms. The first kappa shape index (κ1) is 14.4. The maximum absolute atomic E-state index is 12.8. The van der Waals surface area contributed by atoms with Gasteiger partial charge in [-0.15, -0.1) is 0 Å². The highest BCUT2D eigenvalue weighted by Gasteiger charge is 2.24. The van der Waals surface area contributed by atoms with E-state index in [1.807, 2.05) is 11.8 Å². The minimum Gasteiger partial charge on any atom is -0.361 e. The second kappa shape index (κ2) is 5.95. The number of nitrogens with zero attached hydrogens (tertiary/aromatic N) is 1. The van der Waals surface area contributed by atoms with Gasteiger partial charge in [0.1, 0.15) is 5.82 Å². The van der Waals surface area contributed by atoms with Crippen molar-refractivity contribution in [3.8, 4) is 0 Å². The van der Waals surface area contributed by atoms with Crippen LogP contribution < -0.4 is 5.32 Å². The van der Waals surface area contributed by atoms with Crippen LogP contribution in [-0.4, -0.2) is 17.0 Å². The number of nitrogens with one attached hydrogen (secondary N) is 1. The molecule has 0 saturated heterocycles. The lowest BCUT2D eigenvalue weighted by Crippen LogP contribution is -2.20. The third kappa shape index (κ3) is 4.86. The Morgan fingerprint density at radius 3 is 2.63 bits per heavy atom. The predicted octanol–water partition coefficient (Wildman–Crippen LogP) is 3.82. The van der Waals surface area contributed by atoms with Gasteiger partial charge in [0.05, 0.1) is 6.54 Å². The Kier molecular flexibility index (Phi) is 4.50. The van der Waals surface area contributed by atoms with Gasteiger partial charge in [-0.05, 0) is 29.5 Å². The summed E-state index contributed by atoms with van der Waals surface area (Å²) in [4.78, 5) is 4.53. The van der Waals surface area contributed by atoms with Crippen LogP contribution in [-0.2, 0) is 6.54 Å². The zero-order valence-corrected chi connectivity index (χ0v) is 12.6. The lowest BCUT2D eigenvalue weighted by Gasteiger charge is -2.21. The molecule has 0 spiro atoms. The summed E-state index contributed by atoms with van der Waals surface area (Å²) >= 11 is 1.82. The number of thioether (sulfide) groups is 1. The van der Waals surface area contributed by atoms with Crippen LogP contribution in [0.5, 0.6) is 0 Å². The number of hydrogen-bond donors (Lipinski definition) is 1. The van der Waals surface area contributed by atoms with Crippen LogP contribution >= 0.6 is 11.8 Å². The molecule has 104 valence electrons. The van der Waals surface area contributed by atoms with E-state index in [0.29, 0.717) is 17.2 Å². The van der Waals surface area contributed by atoms with Crippen molar-refractivity contribution in [2.75, 3.05) is 6.54 Å². The monoisotopic (exact) mass is 280 g/mol. The summed E-state index contributed by atoms with van der Waals surface area (Å²) in [5.41, 5.74) is 1.42. The largest absolute Gasteiger partial charge is 0.361 e. The zero-order chi connectivity index (χ0) is 13.9. The molecule has 1 atom stereocenters. The maximum atomic E-state index is 12.8. The summed E-state index contributed by atoms with van der Waals surface area (Å²) in [5.74, 6) is -0.193. The average Bonchev–Trinajstić information content (AvgIpc) is 2.73. The molecule has 1 aromatic rings. The predicted molar refractivity (Wildman–Crippen MR) is 81.0 cm³/mol. The SMILES string of the molecule is CC(C)(C)CC1CN=C(NCc2ccc(F)cc2)S1. The van der Waals surface area contributed by atoms with Crippen molar-refractivity contribution in [2.24, 2.45) is 10.4 Å². The third-order valence-electron chi connectivity index (χ3n) is 2.91. The summed E-state index contributed by atoms with van der Waals surface area (Å²) in [5, 5.41) is 4.92. The molecule has 0 aliphatic carbocycles. The van der Waals surface area contributed by atoms with Gasteiger partial charge in [0.15, 0.2) is 5.17 Å². The van der Waals surface area contributed by atoms with Gasteiger partial charge in [-0.25, -0.2) is 4.39 Å². The van der Waals surface area contributed by atoms with Crippen LogP contribution in [0.2, 0.25) is 0 Å². The Balaban J connectivity index is 1.78. The number of hydrogen-bond acceptors (Lipinski definition) is 3. The highest BCUT2D eigenvalue weighted by molar-refractivity contribution is 8.14. The van der Waals surface area contributed by atoms with Gasteiger partial charge in [0.2, 0.25) is 0 Å². The van der Waals surface area contributed by atoms with Crippen LogP contribution in [0.3, 0.4) is 0 Å². The first-order valence-electron chi connectivity index (χ1n) is 6.62. The van der Waals surface area contributed by atoms with E-state index in [2.05, 4.69) is 31.1 Å². The van der Waals surface area contributed by atoms with E-state index < -0.39 is 0 Å². The maximum Gasteiger partial charge on any atom is 0.157 e. The van der Waals surface area contributed by atoms with E-state index >= 15 is 0 Å². The van der Waals surface area contributed by atoms with Gasteiger partial charge < -0.3 is 5.32 Å². The Hall–Kier alpha value is -1.03. The van der Waals surface area contributed by atoms with Crippen molar-refractivity contribution in [3.63, 3.8) is 0 Å². The molecular formula is C15H21FN2S. The first-order valence-corrected chi connectivity index (χ1v) is 7.50. The van der Waals surface area contributed by atoms with E-state index in [4.69, 9.17) is 0 Å². The lowest BCUT2D eigenvalue weighted by molar-refractivity contribution is 0.375. The Bertz CT molecular complexity index is 448. The topological polar surface area (TPSA) is 24.4 Å². The molecule has 2 rings (SSSR count). The van der Waals surface area contributed by atoms with Gasteiger partial charge in [-0.2, -0.15) is 0 Å². The van der Waals surface area contributed by atoms with E-state index in [9.17, 15) is 4.39 Å². The molecule has 1 aliphatic heterocycles. The number of benzene rings is 1. The van der Waals surface area contributed by atoms with E-state index in [0.717, 1.165) is 17.3 Å². The van der Waals surface area contributed by atoms with E-state index in [1.165, 1.54) is 18.6 Å². The Morgan fingerprint density at radius 2 is 2.00 bits per heavy atom. The Morgan fingerprint density at radius 1 is 1.32 bits per heavy atom. The smallest absolute Gasteiger partial charge is 0.157 e. The summed E-state index contributed by atoms with van der Waals surface area (Å²) in [6.45, 7) is 8.38. The van der Waals surface area contributed by atoms with Crippen LogP contribution in [0.25, 0.3) is 0 Å².